The second-order valence-electron chi connectivity index (χ2n) is 4.53. The molecule has 17 heavy (non-hydrogen) atoms. The SMILES string of the molecule is c1ccc(Cc2coc(C3CCNC3)n2)cc1. The summed E-state index contributed by atoms with van der Waals surface area (Å²) in [6, 6.07) is 10.4. The van der Waals surface area contributed by atoms with Crippen LogP contribution in [0.2, 0.25) is 0 Å². The van der Waals surface area contributed by atoms with Crippen molar-refractivity contribution in [3.8, 4) is 0 Å². The lowest BCUT2D eigenvalue weighted by Gasteiger charge is -2.00. The number of rotatable bonds is 3. The number of nitrogens with one attached hydrogen (secondary N) is 1. The van der Waals surface area contributed by atoms with Crippen molar-refractivity contribution in [2.24, 2.45) is 0 Å². The summed E-state index contributed by atoms with van der Waals surface area (Å²) in [5, 5.41) is 3.33. The van der Waals surface area contributed by atoms with Crippen LogP contribution in [0.3, 0.4) is 0 Å². The molecule has 2 heterocycles. The fourth-order valence-corrected chi connectivity index (χ4v) is 2.26. The minimum Gasteiger partial charge on any atom is -0.448 e. The molecule has 2 aromatic rings. The van der Waals surface area contributed by atoms with E-state index in [1.54, 1.807) is 6.26 Å². The van der Waals surface area contributed by atoms with Crippen LogP contribution in [0.15, 0.2) is 41.0 Å². The molecular weight excluding hydrogens is 212 g/mol. The summed E-state index contributed by atoms with van der Waals surface area (Å²) >= 11 is 0. The number of hydrogen-bond acceptors (Lipinski definition) is 3. The summed E-state index contributed by atoms with van der Waals surface area (Å²) in [5.41, 5.74) is 2.30. The van der Waals surface area contributed by atoms with Crippen LogP contribution in [0, 0.1) is 0 Å². The lowest BCUT2D eigenvalue weighted by Crippen LogP contribution is -2.08. The molecule has 0 aliphatic carbocycles. The van der Waals surface area contributed by atoms with Crippen molar-refractivity contribution < 1.29 is 4.42 Å². The van der Waals surface area contributed by atoms with Gasteiger partial charge in [-0.05, 0) is 18.5 Å². The van der Waals surface area contributed by atoms with Crippen LogP contribution >= 0.6 is 0 Å². The monoisotopic (exact) mass is 228 g/mol. The third-order valence-electron chi connectivity index (χ3n) is 3.21. The van der Waals surface area contributed by atoms with Crippen LogP contribution < -0.4 is 5.32 Å². The first kappa shape index (κ1) is 10.5. The molecule has 1 aliphatic heterocycles. The van der Waals surface area contributed by atoms with Gasteiger partial charge in [-0.3, -0.25) is 0 Å². The number of hydrogen-bond donors (Lipinski definition) is 1. The normalized spacial score (nSPS) is 19.6. The summed E-state index contributed by atoms with van der Waals surface area (Å²) in [7, 11) is 0. The minimum atomic E-state index is 0.458. The predicted molar refractivity (Wildman–Crippen MR) is 66.0 cm³/mol. The summed E-state index contributed by atoms with van der Waals surface area (Å²) in [5.74, 6) is 1.35. The first-order valence-corrected chi connectivity index (χ1v) is 6.11. The molecule has 1 unspecified atom stereocenters. The van der Waals surface area contributed by atoms with Crippen molar-refractivity contribution in [1.82, 2.24) is 10.3 Å². The third kappa shape index (κ3) is 2.39. The Morgan fingerprint density at radius 3 is 2.94 bits per heavy atom. The first-order chi connectivity index (χ1) is 8.42. The topological polar surface area (TPSA) is 38.1 Å². The number of nitrogens with zero attached hydrogens (tertiary/aromatic N) is 1. The van der Waals surface area contributed by atoms with Gasteiger partial charge in [0.15, 0.2) is 5.89 Å². The van der Waals surface area contributed by atoms with E-state index in [2.05, 4.69) is 34.6 Å². The van der Waals surface area contributed by atoms with E-state index in [9.17, 15) is 0 Å². The summed E-state index contributed by atoms with van der Waals surface area (Å²) in [4.78, 5) is 4.58. The molecule has 1 fully saturated rings. The molecule has 0 spiro atoms. The Labute approximate surface area is 101 Å². The van der Waals surface area contributed by atoms with Gasteiger partial charge in [-0.25, -0.2) is 4.98 Å². The molecule has 1 aromatic heterocycles. The van der Waals surface area contributed by atoms with E-state index >= 15 is 0 Å². The summed E-state index contributed by atoms with van der Waals surface area (Å²) in [6.07, 6.45) is 3.77. The number of benzene rings is 1. The zero-order valence-corrected chi connectivity index (χ0v) is 9.73. The first-order valence-electron chi connectivity index (χ1n) is 6.11. The highest BCUT2D eigenvalue weighted by molar-refractivity contribution is 5.20. The fourth-order valence-electron chi connectivity index (χ4n) is 2.26. The highest BCUT2D eigenvalue weighted by Gasteiger charge is 2.21. The zero-order chi connectivity index (χ0) is 11.5. The molecule has 0 radical (unpaired) electrons. The van der Waals surface area contributed by atoms with Gasteiger partial charge in [-0.2, -0.15) is 0 Å². The second kappa shape index (κ2) is 4.72. The molecule has 1 aliphatic rings. The summed E-state index contributed by atoms with van der Waals surface area (Å²) in [6.45, 7) is 2.06. The van der Waals surface area contributed by atoms with E-state index in [-0.39, 0.29) is 0 Å². The van der Waals surface area contributed by atoms with Crippen LogP contribution in [0.1, 0.15) is 29.5 Å². The highest BCUT2D eigenvalue weighted by Crippen LogP contribution is 2.22. The van der Waals surface area contributed by atoms with Crippen molar-refractivity contribution in [3.63, 3.8) is 0 Å². The Morgan fingerprint density at radius 2 is 2.18 bits per heavy atom. The van der Waals surface area contributed by atoms with E-state index in [4.69, 9.17) is 4.42 Å². The van der Waals surface area contributed by atoms with Crippen LogP contribution in [0.4, 0.5) is 0 Å². The molecule has 1 N–H and O–H groups in total. The molecule has 3 nitrogen and oxygen atoms in total. The molecule has 88 valence electrons. The van der Waals surface area contributed by atoms with Gasteiger partial charge < -0.3 is 9.73 Å². The average Bonchev–Trinajstić information content (AvgIpc) is 3.00. The largest absolute Gasteiger partial charge is 0.448 e. The van der Waals surface area contributed by atoms with Gasteiger partial charge in [0.2, 0.25) is 0 Å². The molecule has 0 bridgehead atoms. The second-order valence-corrected chi connectivity index (χ2v) is 4.53. The van der Waals surface area contributed by atoms with Gasteiger partial charge in [0.05, 0.1) is 5.69 Å². The van der Waals surface area contributed by atoms with Crippen LogP contribution in [-0.4, -0.2) is 18.1 Å². The molecule has 1 aromatic carbocycles. The Bertz CT molecular complexity index is 472. The van der Waals surface area contributed by atoms with Crippen molar-refractivity contribution in [1.29, 1.82) is 0 Å². The molecule has 3 rings (SSSR count). The lowest BCUT2D eigenvalue weighted by molar-refractivity contribution is 0.457. The van der Waals surface area contributed by atoms with Crippen LogP contribution in [-0.2, 0) is 6.42 Å². The molecule has 0 amide bonds. The van der Waals surface area contributed by atoms with E-state index < -0.39 is 0 Å². The number of aromatic nitrogens is 1. The van der Waals surface area contributed by atoms with E-state index in [1.165, 1.54) is 5.56 Å². The maximum Gasteiger partial charge on any atom is 0.198 e. The minimum absolute atomic E-state index is 0.458. The Kier molecular flexibility index (Phi) is 2.92. The zero-order valence-electron chi connectivity index (χ0n) is 9.73. The molecular formula is C14H16N2O. The van der Waals surface area contributed by atoms with Gasteiger partial charge in [0.25, 0.3) is 0 Å². The third-order valence-corrected chi connectivity index (χ3v) is 3.21. The van der Waals surface area contributed by atoms with Gasteiger partial charge >= 0.3 is 0 Å². The van der Waals surface area contributed by atoms with E-state index in [0.717, 1.165) is 37.5 Å². The van der Waals surface area contributed by atoms with Gasteiger partial charge in [0.1, 0.15) is 6.26 Å². The van der Waals surface area contributed by atoms with Gasteiger partial charge in [0, 0.05) is 18.9 Å². The van der Waals surface area contributed by atoms with E-state index in [1.807, 2.05) is 6.07 Å². The quantitative estimate of drug-likeness (QED) is 0.876. The lowest BCUT2D eigenvalue weighted by atomic mass is 10.1. The number of oxazole rings is 1. The van der Waals surface area contributed by atoms with Crippen molar-refractivity contribution in [2.45, 2.75) is 18.8 Å². The van der Waals surface area contributed by atoms with Crippen molar-refractivity contribution in [2.75, 3.05) is 13.1 Å². The van der Waals surface area contributed by atoms with Crippen LogP contribution in [0.25, 0.3) is 0 Å². The molecule has 3 heteroatoms. The maximum atomic E-state index is 5.57. The molecule has 1 saturated heterocycles. The standard InChI is InChI=1S/C14H16N2O/c1-2-4-11(5-3-1)8-13-10-17-14(16-13)12-6-7-15-9-12/h1-5,10,12,15H,6-9H2. The Hall–Kier alpha value is -1.61. The van der Waals surface area contributed by atoms with Crippen molar-refractivity contribution in [3.05, 3.63) is 53.7 Å². The molecule has 0 saturated carbocycles. The smallest absolute Gasteiger partial charge is 0.198 e. The maximum absolute atomic E-state index is 5.57. The summed E-state index contributed by atoms with van der Waals surface area (Å²) < 4.78 is 5.57. The molecule has 1 atom stereocenters. The highest BCUT2D eigenvalue weighted by atomic mass is 16.3. The Balaban J connectivity index is 1.72. The van der Waals surface area contributed by atoms with Crippen molar-refractivity contribution >= 4 is 0 Å². The fraction of sp³-hybridized carbons (Fsp3) is 0.357. The van der Waals surface area contributed by atoms with E-state index in [0.29, 0.717) is 5.92 Å². The van der Waals surface area contributed by atoms with Crippen LogP contribution in [0.5, 0.6) is 0 Å². The average molecular weight is 228 g/mol. The van der Waals surface area contributed by atoms with Gasteiger partial charge in [-0.15, -0.1) is 0 Å². The Morgan fingerprint density at radius 1 is 1.29 bits per heavy atom. The predicted octanol–water partition coefficient (Wildman–Crippen LogP) is 2.34. The van der Waals surface area contributed by atoms with Gasteiger partial charge in [-0.1, -0.05) is 30.3 Å².